The highest BCUT2D eigenvalue weighted by Crippen LogP contribution is 2.26. The molecule has 1 aromatic heterocycles. The molecule has 0 aliphatic heterocycles. The molecule has 2 rings (SSSR count). The number of carbonyl (C=O) groups is 1. The Labute approximate surface area is 129 Å². The van der Waals surface area contributed by atoms with Gasteiger partial charge in [0.05, 0.1) is 12.2 Å². The topological polar surface area (TPSA) is 44.4 Å². The second-order valence-corrected chi connectivity index (χ2v) is 6.19. The van der Waals surface area contributed by atoms with Crippen molar-refractivity contribution >= 4 is 34.3 Å². The van der Waals surface area contributed by atoms with Crippen molar-refractivity contribution in [1.82, 2.24) is 0 Å². The van der Waals surface area contributed by atoms with E-state index < -0.39 is 0 Å². The summed E-state index contributed by atoms with van der Waals surface area (Å²) in [5.41, 5.74) is 4.40. The summed E-state index contributed by atoms with van der Waals surface area (Å²) in [5, 5.41) is 8.28. The first-order valence-corrected chi connectivity index (χ1v) is 7.71. The molecule has 0 aliphatic carbocycles. The van der Waals surface area contributed by atoms with Crippen molar-refractivity contribution in [3.05, 3.63) is 40.1 Å². The van der Waals surface area contributed by atoms with Gasteiger partial charge in [0.25, 0.3) is 0 Å². The van der Waals surface area contributed by atoms with Crippen LogP contribution in [-0.4, -0.2) is 20.0 Å². The summed E-state index contributed by atoms with van der Waals surface area (Å²) in [4.78, 5) is 14.4. The molecule has 0 aliphatic rings. The summed E-state index contributed by atoms with van der Waals surface area (Å²) in [5.74, 6) is -0.0406. The van der Waals surface area contributed by atoms with E-state index in [0.717, 1.165) is 16.3 Å². The Balaban J connectivity index is 2.06. The van der Waals surface area contributed by atoms with E-state index in [1.165, 1.54) is 18.2 Å². The summed E-state index contributed by atoms with van der Waals surface area (Å²) in [7, 11) is 4.07. The number of nitrogens with zero attached hydrogens (tertiary/aromatic N) is 1. The van der Waals surface area contributed by atoms with Crippen molar-refractivity contribution in [2.75, 3.05) is 29.6 Å². The third-order valence-corrected chi connectivity index (χ3v) is 4.14. The second kappa shape index (κ2) is 6.63. The van der Waals surface area contributed by atoms with E-state index in [-0.39, 0.29) is 5.91 Å². The van der Waals surface area contributed by atoms with Crippen molar-refractivity contribution in [3.63, 3.8) is 0 Å². The number of amides is 1. The van der Waals surface area contributed by atoms with Gasteiger partial charge in [-0.25, -0.2) is 0 Å². The van der Waals surface area contributed by atoms with Gasteiger partial charge < -0.3 is 15.5 Å². The van der Waals surface area contributed by atoms with E-state index in [1.54, 1.807) is 11.3 Å². The number of thiophene rings is 1. The third-order valence-electron chi connectivity index (χ3n) is 3.22. The molecule has 0 radical (unpaired) electrons. The molecule has 1 aromatic carbocycles. The lowest BCUT2D eigenvalue weighted by Gasteiger charge is -2.16. The fraction of sp³-hybridized carbons (Fsp3) is 0.312. The smallest absolute Gasteiger partial charge is 0.221 e. The average Bonchev–Trinajstić information content (AvgIpc) is 2.83. The van der Waals surface area contributed by atoms with Gasteiger partial charge >= 0.3 is 0 Å². The van der Waals surface area contributed by atoms with Crippen molar-refractivity contribution in [2.24, 2.45) is 0 Å². The van der Waals surface area contributed by atoms with Gasteiger partial charge in [-0.3, -0.25) is 4.79 Å². The van der Waals surface area contributed by atoms with Gasteiger partial charge in [-0.05, 0) is 42.1 Å². The molecule has 1 heterocycles. The van der Waals surface area contributed by atoms with Crippen LogP contribution < -0.4 is 15.5 Å². The number of aryl methyl sites for hydroxylation is 1. The minimum Gasteiger partial charge on any atom is -0.380 e. The molecule has 0 bridgehead atoms. The molecule has 0 saturated carbocycles. The molecule has 5 heteroatoms. The number of hydrogen-bond donors (Lipinski definition) is 2. The predicted molar refractivity (Wildman–Crippen MR) is 91.5 cm³/mol. The maximum absolute atomic E-state index is 11.2. The van der Waals surface area contributed by atoms with E-state index in [1.807, 2.05) is 25.5 Å². The van der Waals surface area contributed by atoms with Gasteiger partial charge in [0.2, 0.25) is 5.91 Å². The van der Waals surface area contributed by atoms with E-state index >= 15 is 0 Å². The number of rotatable bonds is 5. The Morgan fingerprint density at radius 1 is 1.24 bits per heavy atom. The average molecular weight is 303 g/mol. The van der Waals surface area contributed by atoms with Crippen LogP contribution in [0.4, 0.5) is 17.1 Å². The lowest BCUT2D eigenvalue weighted by Crippen LogP contribution is -2.10. The van der Waals surface area contributed by atoms with Crippen LogP contribution in [0.5, 0.6) is 0 Å². The van der Waals surface area contributed by atoms with Crippen LogP contribution in [0.1, 0.15) is 17.4 Å². The largest absolute Gasteiger partial charge is 0.380 e. The summed E-state index contributed by atoms with van der Waals surface area (Å²) in [6.07, 6.45) is 0. The molecule has 4 nitrogen and oxygen atoms in total. The maximum atomic E-state index is 11.2. The van der Waals surface area contributed by atoms with E-state index in [0.29, 0.717) is 6.54 Å². The van der Waals surface area contributed by atoms with Crippen LogP contribution in [0.25, 0.3) is 0 Å². The van der Waals surface area contributed by atoms with Gasteiger partial charge in [0.15, 0.2) is 0 Å². The molecular formula is C16H21N3OS. The SMILES string of the molecule is CC(=O)Nc1ccsc1CNc1ccc(N(C)C)cc1C. The van der Waals surface area contributed by atoms with Gasteiger partial charge in [0, 0.05) is 37.3 Å². The first kappa shape index (κ1) is 15.4. The molecule has 2 aromatic rings. The molecule has 0 atom stereocenters. The molecule has 0 unspecified atom stereocenters. The first-order valence-electron chi connectivity index (χ1n) is 6.83. The molecule has 21 heavy (non-hydrogen) atoms. The van der Waals surface area contributed by atoms with Crippen molar-refractivity contribution in [3.8, 4) is 0 Å². The number of nitrogens with one attached hydrogen (secondary N) is 2. The fourth-order valence-corrected chi connectivity index (χ4v) is 2.85. The van der Waals surface area contributed by atoms with Crippen molar-refractivity contribution in [2.45, 2.75) is 20.4 Å². The Bertz CT molecular complexity index is 634. The van der Waals surface area contributed by atoms with Crippen LogP contribution in [0, 0.1) is 6.92 Å². The summed E-state index contributed by atoms with van der Waals surface area (Å²) >= 11 is 1.64. The van der Waals surface area contributed by atoms with Gasteiger partial charge in [-0.2, -0.15) is 0 Å². The van der Waals surface area contributed by atoms with Gasteiger partial charge in [0.1, 0.15) is 0 Å². The zero-order chi connectivity index (χ0) is 15.4. The Kier molecular flexibility index (Phi) is 4.85. The molecule has 0 fully saturated rings. The van der Waals surface area contributed by atoms with Gasteiger partial charge in [-0.15, -0.1) is 11.3 Å². The molecule has 2 N–H and O–H groups in total. The number of hydrogen-bond acceptors (Lipinski definition) is 4. The quantitative estimate of drug-likeness (QED) is 0.885. The molecule has 0 saturated heterocycles. The van der Waals surface area contributed by atoms with E-state index in [9.17, 15) is 4.79 Å². The highest BCUT2D eigenvalue weighted by Gasteiger charge is 2.07. The number of benzene rings is 1. The van der Waals surface area contributed by atoms with Gasteiger partial charge in [-0.1, -0.05) is 0 Å². The standard InChI is InChI=1S/C16H21N3OS/c1-11-9-13(19(3)4)5-6-14(11)17-10-16-15(7-8-21-16)18-12(2)20/h5-9,17H,10H2,1-4H3,(H,18,20). The van der Waals surface area contributed by atoms with Crippen LogP contribution in [0.15, 0.2) is 29.6 Å². The van der Waals surface area contributed by atoms with E-state index in [4.69, 9.17) is 0 Å². The second-order valence-electron chi connectivity index (χ2n) is 5.19. The molecule has 0 spiro atoms. The first-order chi connectivity index (χ1) is 9.97. The number of carbonyl (C=O) groups excluding carboxylic acids is 1. The molecular weight excluding hydrogens is 282 g/mol. The summed E-state index contributed by atoms with van der Waals surface area (Å²) < 4.78 is 0. The third kappa shape index (κ3) is 3.98. The summed E-state index contributed by atoms with van der Waals surface area (Å²) in [6.45, 7) is 4.33. The lowest BCUT2D eigenvalue weighted by molar-refractivity contribution is -0.114. The van der Waals surface area contributed by atoms with Crippen LogP contribution in [-0.2, 0) is 11.3 Å². The fourth-order valence-electron chi connectivity index (χ4n) is 2.08. The van der Waals surface area contributed by atoms with Crippen LogP contribution in [0.2, 0.25) is 0 Å². The Morgan fingerprint density at radius 2 is 2.00 bits per heavy atom. The van der Waals surface area contributed by atoms with Crippen LogP contribution in [0.3, 0.4) is 0 Å². The highest BCUT2D eigenvalue weighted by atomic mass is 32.1. The predicted octanol–water partition coefficient (Wildman–Crippen LogP) is 3.69. The monoisotopic (exact) mass is 303 g/mol. The maximum Gasteiger partial charge on any atom is 0.221 e. The summed E-state index contributed by atoms with van der Waals surface area (Å²) in [6, 6.07) is 8.28. The highest BCUT2D eigenvalue weighted by molar-refractivity contribution is 7.10. The minimum absolute atomic E-state index is 0.0406. The zero-order valence-corrected chi connectivity index (χ0v) is 13.7. The lowest BCUT2D eigenvalue weighted by atomic mass is 10.1. The Morgan fingerprint density at radius 3 is 2.62 bits per heavy atom. The molecule has 1 amide bonds. The van der Waals surface area contributed by atoms with Crippen molar-refractivity contribution in [1.29, 1.82) is 0 Å². The minimum atomic E-state index is -0.0406. The normalized spacial score (nSPS) is 10.3. The van der Waals surface area contributed by atoms with Crippen LogP contribution >= 0.6 is 11.3 Å². The molecule has 112 valence electrons. The van der Waals surface area contributed by atoms with Crippen molar-refractivity contribution < 1.29 is 4.79 Å². The zero-order valence-electron chi connectivity index (χ0n) is 12.9. The number of anilines is 3. The Hall–Kier alpha value is -2.01. The van der Waals surface area contributed by atoms with E-state index in [2.05, 4.69) is 40.7 Å².